The molecule has 1 aromatic carbocycles. The van der Waals surface area contributed by atoms with Gasteiger partial charge in [0.25, 0.3) is 0 Å². The molecule has 3 aromatic rings. The van der Waals surface area contributed by atoms with Crippen molar-refractivity contribution in [2.45, 2.75) is 44.2 Å². The van der Waals surface area contributed by atoms with Gasteiger partial charge in [0.1, 0.15) is 6.33 Å². The second-order valence-corrected chi connectivity index (χ2v) is 7.52. The quantitative estimate of drug-likeness (QED) is 0.782. The van der Waals surface area contributed by atoms with E-state index in [9.17, 15) is 5.11 Å². The van der Waals surface area contributed by atoms with Gasteiger partial charge in [0, 0.05) is 6.04 Å². The van der Waals surface area contributed by atoms with E-state index in [1.165, 1.54) is 59.8 Å². The number of fused-ring (bicyclic) bond motifs is 1. The number of hydrogen-bond donors (Lipinski definition) is 1. The zero-order valence-corrected chi connectivity index (χ0v) is 14.6. The van der Waals surface area contributed by atoms with Gasteiger partial charge in [0.05, 0.1) is 10.9 Å². The normalized spacial score (nSPS) is 17.6. The highest BCUT2D eigenvalue weighted by Crippen LogP contribution is 2.41. The van der Waals surface area contributed by atoms with E-state index in [4.69, 9.17) is 0 Å². The van der Waals surface area contributed by atoms with Gasteiger partial charge in [-0.2, -0.15) is 9.61 Å². The predicted octanol–water partition coefficient (Wildman–Crippen LogP) is 3.85. The Morgan fingerprint density at radius 1 is 1.21 bits per heavy atom. The molecule has 1 unspecified atom stereocenters. The molecule has 2 aromatic heterocycles. The highest BCUT2D eigenvalue weighted by Gasteiger charge is 2.31. The Labute approximate surface area is 145 Å². The summed E-state index contributed by atoms with van der Waals surface area (Å²) in [6.45, 7) is 0. The van der Waals surface area contributed by atoms with Crippen LogP contribution in [0.1, 0.15) is 48.6 Å². The first-order chi connectivity index (χ1) is 11.8. The number of aromatic hydroxyl groups is 1. The summed E-state index contributed by atoms with van der Waals surface area (Å²) < 4.78 is 1.53. The molecule has 24 heavy (non-hydrogen) atoms. The maximum absolute atomic E-state index is 10.7. The minimum absolute atomic E-state index is 0.0304. The van der Waals surface area contributed by atoms with Crippen molar-refractivity contribution in [3.05, 3.63) is 47.1 Å². The molecule has 6 heteroatoms. The molecule has 0 radical (unpaired) electrons. The van der Waals surface area contributed by atoms with Crippen molar-refractivity contribution in [2.75, 3.05) is 7.05 Å². The highest BCUT2D eigenvalue weighted by atomic mass is 32.1. The number of thiazole rings is 1. The standard InChI is InChI=1S/C18H22N4OS/c1-21(14-10-6-3-7-11-14)15(13-8-4-2-5-9-13)16-17(23)22-18(24-16)19-12-20-22/h2,4-5,8-9,12,14-15,23H,3,6-7,10-11H2,1H3. The fourth-order valence-corrected chi connectivity index (χ4v) is 4.89. The SMILES string of the molecule is CN(C1CCCCC1)C(c1ccccc1)c1sc2ncnn2c1O. The maximum atomic E-state index is 10.7. The number of aromatic nitrogens is 3. The lowest BCUT2D eigenvalue weighted by Gasteiger charge is -2.37. The van der Waals surface area contributed by atoms with E-state index < -0.39 is 0 Å². The van der Waals surface area contributed by atoms with Crippen molar-refractivity contribution < 1.29 is 5.11 Å². The molecule has 1 fully saturated rings. The second-order valence-electron chi connectivity index (χ2n) is 6.51. The molecular formula is C18H22N4OS. The minimum atomic E-state index is 0.0304. The van der Waals surface area contributed by atoms with Crippen LogP contribution < -0.4 is 0 Å². The molecule has 1 atom stereocenters. The fourth-order valence-electron chi connectivity index (χ4n) is 3.78. The Morgan fingerprint density at radius 3 is 2.67 bits per heavy atom. The van der Waals surface area contributed by atoms with Crippen molar-refractivity contribution in [2.24, 2.45) is 0 Å². The van der Waals surface area contributed by atoms with Crippen LogP contribution in [-0.4, -0.2) is 37.7 Å². The van der Waals surface area contributed by atoms with Crippen LogP contribution in [0.25, 0.3) is 4.96 Å². The van der Waals surface area contributed by atoms with Gasteiger partial charge in [-0.05, 0) is 25.5 Å². The van der Waals surface area contributed by atoms with Crippen LogP contribution in [0.2, 0.25) is 0 Å². The highest BCUT2D eigenvalue weighted by molar-refractivity contribution is 7.17. The van der Waals surface area contributed by atoms with E-state index in [0.29, 0.717) is 6.04 Å². The first-order valence-corrected chi connectivity index (χ1v) is 9.35. The number of hydrogen-bond acceptors (Lipinski definition) is 5. The van der Waals surface area contributed by atoms with Gasteiger partial charge in [-0.25, -0.2) is 4.98 Å². The molecular weight excluding hydrogens is 320 g/mol. The molecule has 0 spiro atoms. The van der Waals surface area contributed by atoms with Gasteiger partial charge in [-0.15, -0.1) is 0 Å². The Balaban J connectivity index is 1.78. The molecule has 0 amide bonds. The fraction of sp³-hybridized carbons (Fsp3) is 0.444. The van der Waals surface area contributed by atoms with Gasteiger partial charge in [-0.3, -0.25) is 4.90 Å². The second kappa shape index (κ2) is 6.53. The summed E-state index contributed by atoms with van der Waals surface area (Å²) in [7, 11) is 2.18. The van der Waals surface area contributed by atoms with Gasteiger partial charge < -0.3 is 5.11 Å². The van der Waals surface area contributed by atoms with Crippen molar-refractivity contribution in [1.82, 2.24) is 19.5 Å². The first-order valence-electron chi connectivity index (χ1n) is 8.54. The van der Waals surface area contributed by atoms with Crippen LogP contribution in [0.4, 0.5) is 0 Å². The van der Waals surface area contributed by atoms with Crippen LogP contribution in [0.5, 0.6) is 5.88 Å². The number of rotatable bonds is 4. The lowest BCUT2D eigenvalue weighted by atomic mass is 9.92. The molecule has 0 bridgehead atoms. The average molecular weight is 342 g/mol. The first kappa shape index (κ1) is 15.6. The van der Waals surface area contributed by atoms with Gasteiger partial charge in [0.15, 0.2) is 0 Å². The van der Waals surface area contributed by atoms with E-state index >= 15 is 0 Å². The van der Waals surface area contributed by atoms with Crippen molar-refractivity contribution in [3.8, 4) is 5.88 Å². The molecule has 1 N–H and O–H groups in total. The maximum Gasteiger partial charge on any atom is 0.230 e. The Morgan fingerprint density at radius 2 is 1.96 bits per heavy atom. The van der Waals surface area contributed by atoms with E-state index in [-0.39, 0.29) is 11.9 Å². The number of benzene rings is 1. The zero-order chi connectivity index (χ0) is 16.5. The molecule has 1 saturated carbocycles. The summed E-state index contributed by atoms with van der Waals surface area (Å²) in [4.78, 5) is 8.33. The van der Waals surface area contributed by atoms with E-state index in [2.05, 4.69) is 46.3 Å². The van der Waals surface area contributed by atoms with Crippen molar-refractivity contribution in [1.29, 1.82) is 0 Å². The third-order valence-corrected chi connectivity index (χ3v) is 6.15. The molecule has 0 aliphatic heterocycles. The molecule has 126 valence electrons. The molecule has 4 rings (SSSR count). The van der Waals surface area contributed by atoms with Crippen LogP contribution in [0, 0.1) is 0 Å². The summed E-state index contributed by atoms with van der Waals surface area (Å²) in [5.74, 6) is 0.212. The molecule has 1 aliphatic rings. The lowest BCUT2D eigenvalue weighted by Crippen LogP contribution is -2.36. The predicted molar refractivity (Wildman–Crippen MR) is 95.4 cm³/mol. The largest absolute Gasteiger partial charge is 0.492 e. The third kappa shape index (κ3) is 2.70. The van der Waals surface area contributed by atoms with Crippen LogP contribution in [0.15, 0.2) is 36.7 Å². The summed E-state index contributed by atoms with van der Waals surface area (Å²) >= 11 is 1.52. The van der Waals surface area contributed by atoms with Gasteiger partial charge in [-0.1, -0.05) is 60.9 Å². The van der Waals surface area contributed by atoms with E-state index in [0.717, 1.165) is 9.84 Å². The Bertz CT molecular complexity index is 807. The summed E-state index contributed by atoms with van der Waals surface area (Å²) in [6, 6.07) is 11.0. The average Bonchev–Trinajstić information content (AvgIpc) is 3.21. The Kier molecular flexibility index (Phi) is 4.24. The number of nitrogens with zero attached hydrogens (tertiary/aromatic N) is 4. The van der Waals surface area contributed by atoms with Crippen LogP contribution in [-0.2, 0) is 0 Å². The topological polar surface area (TPSA) is 53.7 Å². The Hall–Kier alpha value is -1.92. The third-order valence-electron chi connectivity index (χ3n) is 5.06. The van der Waals surface area contributed by atoms with E-state index in [1.54, 1.807) is 0 Å². The van der Waals surface area contributed by atoms with E-state index in [1.807, 2.05) is 6.07 Å². The van der Waals surface area contributed by atoms with Gasteiger partial charge >= 0.3 is 0 Å². The van der Waals surface area contributed by atoms with Crippen molar-refractivity contribution in [3.63, 3.8) is 0 Å². The smallest absolute Gasteiger partial charge is 0.230 e. The minimum Gasteiger partial charge on any atom is -0.492 e. The summed E-state index contributed by atoms with van der Waals surface area (Å²) in [6.07, 6.45) is 7.85. The molecule has 1 aliphatic carbocycles. The van der Waals surface area contributed by atoms with Gasteiger partial charge in [0.2, 0.25) is 10.8 Å². The monoisotopic (exact) mass is 342 g/mol. The molecule has 5 nitrogen and oxygen atoms in total. The zero-order valence-electron chi connectivity index (χ0n) is 13.8. The molecule has 2 heterocycles. The van der Waals surface area contributed by atoms with Crippen LogP contribution >= 0.6 is 11.3 Å². The molecule has 0 saturated heterocycles. The van der Waals surface area contributed by atoms with Crippen molar-refractivity contribution >= 4 is 16.3 Å². The summed E-state index contributed by atoms with van der Waals surface area (Å²) in [5.41, 5.74) is 1.20. The van der Waals surface area contributed by atoms with Crippen LogP contribution in [0.3, 0.4) is 0 Å². The lowest BCUT2D eigenvalue weighted by molar-refractivity contribution is 0.157. The summed E-state index contributed by atoms with van der Waals surface area (Å²) in [5, 5.41) is 14.8.